The van der Waals surface area contributed by atoms with Crippen molar-refractivity contribution in [1.29, 1.82) is 0 Å². The molecule has 1 saturated heterocycles. The summed E-state index contributed by atoms with van der Waals surface area (Å²) in [6.07, 6.45) is 5.91. The highest BCUT2D eigenvalue weighted by atomic mass is 16.5. The van der Waals surface area contributed by atoms with Crippen LogP contribution in [0, 0.1) is 0 Å². The molecule has 0 radical (unpaired) electrons. The van der Waals surface area contributed by atoms with Crippen molar-refractivity contribution in [3.8, 4) is 17.1 Å². The maximum absolute atomic E-state index is 14.0. The summed E-state index contributed by atoms with van der Waals surface area (Å²) in [7, 11) is 5.51. The van der Waals surface area contributed by atoms with Crippen LogP contribution in [0.15, 0.2) is 59.7 Å². The number of hydrogen-bond donors (Lipinski definition) is 3. The fraction of sp³-hybridized carbons (Fsp3) is 0.450. The maximum atomic E-state index is 14.0. The number of anilines is 2. The van der Waals surface area contributed by atoms with E-state index < -0.39 is 6.04 Å². The number of amides is 2. The first-order valence-corrected chi connectivity index (χ1v) is 18.3. The molecule has 1 atom stereocenters. The zero-order valence-electron chi connectivity index (χ0n) is 31.8. The van der Waals surface area contributed by atoms with Crippen LogP contribution in [0.5, 0.6) is 5.75 Å². The topological polar surface area (TPSA) is 148 Å². The molecule has 0 spiro atoms. The van der Waals surface area contributed by atoms with Gasteiger partial charge in [-0.2, -0.15) is 5.10 Å². The van der Waals surface area contributed by atoms with Gasteiger partial charge in [-0.25, -0.2) is 9.97 Å². The number of carbonyl (C=O) groups is 2. The molecule has 0 bridgehead atoms. The van der Waals surface area contributed by atoms with Gasteiger partial charge in [-0.05, 0) is 102 Å². The minimum atomic E-state index is -0.391. The maximum Gasteiger partial charge on any atom is 0.272 e. The molecular weight excluding hydrogens is 670 g/mol. The molecule has 2 aromatic heterocycles. The van der Waals surface area contributed by atoms with Gasteiger partial charge in [-0.15, -0.1) is 0 Å². The number of carbonyl (C=O) groups excluding carboxylic acids is 2. The standard InChI is InChI=1S/C40H51N9O4/c1-25(53-40(2,3)4)41-24-32(26-12-9-8-10-13-26)44-38(51)35-30-15-11-14-28-23-42-39(46-34(28)36(30)49(6)47-35)45-31-17-16-27(22-33(31)52-7)37(50)43-29-18-20-48(5)21-19-29/h8-10,12-13,16-17,22-23,29,32H,11,14-15,18-21,24H2,1-7H3,(H,43,50)(H,44,51)(H,42,45,46). The fourth-order valence-corrected chi connectivity index (χ4v) is 6.91. The highest BCUT2D eigenvalue weighted by Crippen LogP contribution is 2.35. The van der Waals surface area contributed by atoms with E-state index in [1.54, 1.807) is 30.0 Å². The van der Waals surface area contributed by atoms with Gasteiger partial charge in [0.1, 0.15) is 11.4 Å². The van der Waals surface area contributed by atoms with Gasteiger partial charge in [0.25, 0.3) is 11.8 Å². The van der Waals surface area contributed by atoms with E-state index in [0.29, 0.717) is 47.5 Å². The zero-order valence-corrected chi connectivity index (χ0v) is 31.8. The zero-order chi connectivity index (χ0) is 37.7. The molecule has 1 fully saturated rings. The lowest BCUT2D eigenvalue weighted by Gasteiger charge is -2.29. The summed E-state index contributed by atoms with van der Waals surface area (Å²) in [5.74, 6) is 1.02. The van der Waals surface area contributed by atoms with Crippen molar-refractivity contribution in [1.82, 2.24) is 35.3 Å². The van der Waals surface area contributed by atoms with Crippen LogP contribution in [0.3, 0.4) is 0 Å². The van der Waals surface area contributed by atoms with Crippen LogP contribution in [0.25, 0.3) is 11.4 Å². The normalized spacial score (nSPS) is 15.8. The molecule has 6 rings (SSSR count). The molecule has 2 aromatic carbocycles. The van der Waals surface area contributed by atoms with Gasteiger partial charge in [0.05, 0.1) is 36.8 Å². The molecule has 280 valence electrons. The lowest BCUT2D eigenvalue weighted by molar-refractivity contribution is 0.0913. The van der Waals surface area contributed by atoms with Crippen molar-refractivity contribution in [2.24, 2.45) is 12.0 Å². The molecule has 0 saturated carbocycles. The van der Waals surface area contributed by atoms with Gasteiger partial charge in [-0.3, -0.25) is 19.3 Å². The minimum absolute atomic E-state index is 0.123. The number of hydrogen-bond acceptors (Lipinski definition) is 10. The molecule has 4 aromatic rings. The number of nitrogens with zero attached hydrogens (tertiary/aromatic N) is 6. The summed E-state index contributed by atoms with van der Waals surface area (Å²) < 4.78 is 13.3. The summed E-state index contributed by atoms with van der Waals surface area (Å²) >= 11 is 0. The first-order valence-electron chi connectivity index (χ1n) is 18.3. The number of ether oxygens (including phenoxy) is 2. The summed E-state index contributed by atoms with van der Waals surface area (Å²) in [6.45, 7) is 10.00. The van der Waals surface area contributed by atoms with Crippen LogP contribution >= 0.6 is 0 Å². The predicted octanol–water partition coefficient (Wildman–Crippen LogP) is 5.65. The second-order valence-electron chi connectivity index (χ2n) is 14.8. The van der Waals surface area contributed by atoms with Crippen LogP contribution in [0.1, 0.15) is 90.5 Å². The third-order valence-electron chi connectivity index (χ3n) is 9.54. The third kappa shape index (κ3) is 9.20. The molecule has 1 unspecified atom stereocenters. The Bertz CT molecular complexity index is 1960. The van der Waals surface area contributed by atoms with Crippen LogP contribution < -0.4 is 20.7 Å². The van der Waals surface area contributed by atoms with Gasteiger partial charge < -0.3 is 30.3 Å². The third-order valence-corrected chi connectivity index (χ3v) is 9.54. The quantitative estimate of drug-likeness (QED) is 0.140. The first kappa shape index (κ1) is 37.5. The molecule has 1 aliphatic carbocycles. The Morgan fingerprint density at radius 3 is 2.51 bits per heavy atom. The number of piperidine rings is 1. The Kier molecular flexibility index (Phi) is 11.4. The Balaban J connectivity index is 1.23. The number of likely N-dealkylation sites (tertiary alicyclic amines) is 1. The first-order chi connectivity index (χ1) is 25.4. The van der Waals surface area contributed by atoms with Crippen molar-refractivity contribution in [2.45, 2.75) is 77.5 Å². The van der Waals surface area contributed by atoms with Crippen molar-refractivity contribution in [2.75, 3.05) is 39.1 Å². The molecule has 13 heteroatoms. The monoisotopic (exact) mass is 721 g/mol. The number of benzene rings is 2. The van der Waals surface area contributed by atoms with E-state index in [4.69, 9.17) is 19.6 Å². The summed E-state index contributed by atoms with van der Waals surface area (Å²) in [6, 6.07) is 14.9. The fourth-order valence-electron chi connectivity index (χ4n) is 6.91. The highest BCUT2D eigenvalue weighted by molar-refractivity contribution is 5.96. The van der Waals surface area contributed by atoms with E-state index in [1.165, 1.54) is 0 Å². The van der Waals surface area contributed by atoms with Crippen molar-refractivity contribution >= 4 is 29.3 Å². The number of methoxy groups -OCH3 is 1. The van der Waals surface area contributed by atoms with Crippen LogP contribution in [-0.2, 0) is 24.6 Å². The number of aromatic nitrogens is 4. The molecular formula is C40H51N9O4. The smallest absolute Gasteiger partial charge is 0.272 e. The van der Waals surface area contributed by atoms with Crippen LogP contribution in [-0.4, -0.2) is 87.8 Å². The van der Waals surface area contributed by atoms with Crippen molar-refractivity contribution in [3.63, 3.8) is 0 Å². The average Bonchev–Trinajstić information content (AvgIpc) is 3.34. The van der Waals surface area contributed by atoms with E-state index in [2.05, 4.69) is 37.9 Å². The highest BCUT2D eigenvalue weighted by Gasteiger charge is 2.29. The van der Waals surface area contributed by atoms with E-state index >= 15 is 0 Å². The number of rotatable bonds is 10. The van der Waals surface area contributed by atoms with Gasteiger partial charge in [0.15, 0.2) is 11.6 Å². The minimum Gasteiger partial charge on any atom is -0.495 e. The molecule has 3 N–H and O–H groups in total. The van der Waals surface area contributed by atoms with E-state index in [0.717, 1.165) is 66.9 Å². The number of nitrogens with one attached hydrogen (secondary N) is 3. The number of aryl methyl sites for hydroxylation is 2. The van der Waals surface area contributed by atoms with E-state index in [-0.39, 0.29) is 23.5 Å². The van der Waals surface area contributed by atoms with Crippen LogP contribution in [0.4, 0.5) is 11.6 Å². The Morgan fingerprint density at radius 2 is 1.79 bits per heavy atom. The van der Waals surface area contributed by atoms with Crippen molar-refractivity contribution < 1.29 is 19.1 Å². The largest absolute Gasteiger partial charge is 0.495 e. The van der Waals surface area contributed by atoms with E-state index in [1.807, 2.05) is 71.3 Å². The summed E-state index contributed by atoms with van der Waals surface area (Å²) in [5, 5.41) is 14.4. The Labute approximate surface area is 311 Å². The SMILES string of the molecule is COc1cc(C(=O)NC2CCN(C)CC2)ccc1Nc1ncc2c(n1)-c1c(c(C(=O)NC(CN=C(C)OC(C)(C)C)c3ccccc3)nn1C)CCC2. The Morgan fingerprint density at radius 1 is 1.04 bits per heavy atom. The second-order valence-corrected chi connectivity index (χ2v) is 14.8. The van der Waals surface area contributed by atoms with Gasteiger partial charge in [0, 0.05) is 37.3 Å². The second kappa shape index (κ2) is 16.2. The lowest BCUT2D eigenvalue weighted by Crippen LogP contribution is -2.43. The van der Waals surface area contributed by atoms with E-state index in [9.17, 15) is 9.59 Å². The predicted molar refractivity (Wildman–Crippen MR) is 206 cm³/mol. The van der Waals surface area contributed by atoms with Crippen molar-refractivity contribution in [3.05, 3.63) is 82.7 Å². The molecule has 13 nitrogen and oxygen atoms in total. The lowest BCUT2D eigenvalue weighted by atomic mass is 10.0. The molecule has 3 heterocycles. The Hall–Kier alpha value is -5.30. The van der Waals surface area contributed by atoms with Gasteiger partial charge in [-0.1, -0.05) is 30.3 Å². The van der Waals surface area contributed by atoms with Crippen LogP contribution in [0.2, 0.25) is 0 Å². The number of aliphatic imine (C=N–C) groups is 1. The summed E-state index contributed by atoms with van der Waals surface area (Å²) in [5.41, 5.74) is 5.39. The average molecular weight is 722 g/mol. The molecule has 2 aliphatic rings. The molecule has 1 aliphatic heterocycles. The summed E-state index contributed by atoms with van der Waals surface area (Å²) in [4.78, 5) is 43.6. The van der Waals surface area contributed by atoms with Gasteiger partial charge in [0.2, 0.25) is 5.95 Å². The number of fused-ring (bicyclic) bond motifs is 3. The molecule has 2 amide bonds. The van der Waals surface area contributed by atoms with Gasteiger partial charge >= 0.3 is 0 Å². The molecule has 53 heavy (non-hydrogen) atoms.